The summed E-state index contributed by atoms with van der Waals surface area (Å²) in [6.45, 7) is 0.412. The summed E-state index contributed by atoms with van der Waals surface area (Å²) in [5.74, 6) is -5.66. The van der Waals surface area contributed by atoms with E-state index in [1.165, 1.54) is 4.90 Å². The summed E-state index contributed by atoms with van der Waals surface area (Å²) in [4.78, 5) is 49.3. The lowest BCUT2D eigenvalue weighted by molar-refractivity contribution is -0.153. The van der Waals surface area contributed by atoms with Gasteiger partial charge in [0.05, 0.1) is 18.2 Å². The van der Waals surface area contributed by atoms with Crippen LogP contribution < -0.4 is 10.6 Å². The number of carbonyl (C=O) groups excluding carboxylic acids is 3. The Hall–Kier alpha value is -3.74. The SMILES string of the molecule is CN(C)Cc1nc2cc(N(C)C)c3c(c2o1)C(O)=C1C(=O)[C@]2(O)C(O)=C(C(N)=O)C(=O)[C@@H](N(C)C)[C@@H]2C[C@@H]1C3. The largest absolute Gasteiger partial charge is 0.508 e. The number of hydrogen-bond acceptors (Lipinski definition) is 11. The molecule has 0 aliphatic heterocycles. The van der Waals surface area contributed by atoms with Gasteiger partial charge >= 0.3 is 0 Å². The molecule has 0 spiro atoms. The fourth-order valence-electron chi connectivity index (χ4n) is 6.46. The van der Waals surface area contributed by atoms with Gasteiger partial charge < -0.3 is 35.3 Å². The van der Waals surface area contributed by atoms with Crippen LogP contribution in [0.25, 0.3) is 16.9 Å². The van der Waals surface area contributed by atoms with Crippen LogP contribution in [-0.4, -0.2) is 102 Å². The summed E-state index contributed by atoms with van der Waals surface area (Å²) in [5, 5.41) is 34.5. The molecule has 0 radical (unpaired) electrons. The van der Waals surface area contributed by atoms with Crippen molar-refractivity contribution in [3.05, 3.63) is 40.0 Å². The summed E-state index contributed by atoms with van der Waals surface area (Å²) in [6, 6.07) is 0.775. The van der Waals surface area contributed by atoms with Crippen molar-refractivity contribution in [2.75, 3.05) is 47.2 Å². The number of nitrogens with two attached hydrogens (primary N) is 1. The average Bonchev–Trinajstić information content (AvgIpc) is 3.21. The highest BCUT2D eigenvalue weighted by molar-refractivity contribution is 6.24. The van der Waals surface area contributed by atoms with E-state index in [1.54, 1.807) is 14.1 Å². The van der Waals surface area contributed by atoms with Gasteiger partial charge in [0.15, 0.2) is 17.0 Å². The van der Waals surface area contributed by atoms with E-state index in [9.17, 15) is 29.7 Å². The number of nitrogens with zero attached hydrogens (tertiary/aromatic N) is 4. The molecule has 0 bridgehead atoms. The van der Waals surface area contributed by atoms with Gasteiger partial charge in [-0.15, -0.1) is 0 Å². The van der Waals surface area contributed by atoms with Crippen LogP contribution in [0.1, 0.15) is 23.4 Å². The standard InChI is InChI=1S/C27H33N5O7/c1-30(2)10-16-29-14-9-15(31(3)4)12-7-11-8-13-20(32(5)6)22(34)19(26(28)37)25(36)27(13,38)24(35)17(11)21(33)18(12)23(14)39-16/h9,11,13,20,33,36,38H,7-8,10H2,1-6H3,(H2,28,37)/t11-,13-,20-,27-/m0/s1. The molecule has 1 fully saturated rings. The van der Waals surface area contributed by atoms with Crippen molar-refractivity contribution in [3.8, 4) is 0 Å². The van der Waals surface area contributed by atoms with Crippen LogP contribution in [-0.2, 0) is 27.3 Å². The number of likely N-dealkylation sites (N-methyl/N-ethyl adjacent to an activating group) is 1. The summed E-state index contributed by atoms with van der Waals surface area (Å²) in [6.07, 6.45) is 0.390. The Labute approximate surface area is 225 Å². The zero-order chi connectivity index (χ0) is 28.7. The fraction of sp³-hybridized carbons (Fsp3) is 0.481. The minimum atomic E-state index is -2.62. The van der Waals surface area contributed by atoms with Gasteiger partial charge in [0.25, 0.3) is 5.91 Å². The normalized spacial score (nSPS) is 26.8. The Balaban J connectivity index is 1.78. The van der Waals surface area contributed by atoms with Crippen LogP contribution in [0.15, 0.2) is 27.4 Å². The number of carbonyl (C=O) groups is 3. The highest BCUT2D eigenvalue weighted by atomic mass is 16.4. The van der Waals surface area contributed by atoms with E-state index in [-0.39, 0.29) is 17.8 Å². The molecule has 1 aromatic heterocycles. The molecule has 5 rings (SSSR count). The van der Waals surface area contributed by atoms with E-state index in [0.717, 1.165) is 11.3 Å². The molecule has 1 amide bonds. The molecule has 1 heterocycles. The van der Waals surface area contributed by atoms with Crippen LogP contribution in [0.5, 0.6) is 0 Å². The van der Waals surface area contributed by atoms with Crippen molar-refractivity contribution in [2.24, 2.45) is 17.6 Å². The zero-order valence-corrected chi connectivity index (χ0v) is 22.8. The lowest BCUT2D eigenvalue weighted by atomic mass is 9.57. The Morgan fingerprint density at radius 1 is 1.18 bits per heavy atom. The molecule has 5 N–H and O–H groups in total. The summed E-state index contributed by atoms with van der Waals surface area (Å²) in [7, 11) is 10.6. The Morgan fingerprint density at radius 2 is 1.85 bits per heavy atom. The third-order valence-corrected chi connectivity index (χ3v) is 8.06. The average molecular weight is 540 g/mol. The minimum absolute atomic E-state index is 0.0823. The van der Waals surface area contributed by atoms with Gasteiger partial charge in [0.1, 0.15) is 22.6 Å². The third kappa shape index (κ3) is 3.69. The first kappa shape index (κ1) is 26.9. The van der Waals surface area contributed by atoms with Crippen LogP contribution >= 0.6 is 0 Å². The maximum atomic E-state index is 14.1. The molecule has 0 unspecified atom stereocenters. The second-order valence-corrected chi connectivity index (χ2v) is 11.3. The van der Waals surface area contributed by atoms with E-state index >= 15 is 0 Å². The molecule has 12 nitrogen and oxygen atoms in total. The Kier molecular flexibility index (Phi) is 6.13. The van der Waals surface area contributed by atoms with Gasteiger partial charge in [0.2, 0.25) is 11.7 Å². The van der Waals surface area contributed by atoms with E-state index in [4.69, 9.17) is 10.2 Å². The first-order valence-electron chi connectivity index (χ1n) is 12.6. The number of Topliss-reactive ketones (excluding diaryl/α,β-unsaturated/α-hetero) is 2. The van der Waals surface area contributed by atoms with E-state index in [2.05, 4.69) is 4.98 Å². The highest BCUT2D eigenvalue weighted by Gasteiger charge is 2.64. The summed E-state index contributed by atoms with van der Waals surface area (Å²) < 4.78 is 6.05. The van der Waals surface area contributed by atoms with Crippen molar-refractivity contribution in [2.45, 2.75) is 31.0 Å². The summed E-state index contributed by atoms with van der Waals surface area (Å²) in [5.41, 5.74) is 4.49. The topological polar surface area (TPSA) is 174 Å². The molecule has 12 heteroatoms. The van der Waals surface area contributed by atoms with Crippen molar-refractivity contribution < 1.29 is 34.1 Å². The first-order chi connectivity index (χ1) is 18.2. The predicted octanol–water partition coefficient (Wildman–Crippen LogP) is 0.527. The van der Waals surface area contributed by atoms with Gasteiger partial charge in [-0.2, -0.15) is 0 Å². The smallest absolute Gasteiger partial charge is 0.255 e. The Morgan fingerprint density at radius 3 is 2.41 bits per heavy atom. The zero-order valence-electron chi connectivity index (χ0n) is 22.8. The number of anilines is 1. The monoisotopic (exact) mass is 539 g/mol. The quantitative estimate of drug-likeness (QED) is 0.390. The summed E-state index contributed by atoms with van der Waals surface area (Å²) >= 11 is 0. The number of oxazole rings is 1. The molecule has 3 aliphatic rings. The van der Waals surface area contributed by atoms with Crippen molar-refractivity contribution >= 4 is 40.0 Å². The van der Waals surface area contributed by atoms with Gasteiger partial charge in [-0.25, -0.2) is 4.98 Å². The van der Waals surface area contributed by atoms with Crippen LogP contribution in [0, 0.1) is 11.8 Å². The van der Waals surface area contributed by atoms with Gasteiger partial charge in [-0.1, -0.05) is 0 Å². The number of ketones is 2. The molecule has 4 atom stereocenters. The molecule has 208 valence electrons. The molecule has 1 aromatic carbocycles. The number of hydrogen-bond donors (Lipinski definition) is 4. The number of aromatic nitrogens is 1. The Bertz CT molecular complexity index is 1500. The van der Waals surface area contributed by atoms with E-state index < -0.39 is 52.3 Å². The molecule has 3 aliphatic carbocycles. The van der Waals surface area contributed by atoms with Gasteiger partial charge in [-0.3, -0.25) is 19.3 Å². The molecular formula is C27H33N5O7. The maximum Gasteiger partial charge on any atom is 0.255 e. The van der Waals surface area contributed by atoms with E-state index in [1.807, 2.05) is 44.1 Å². The maximum absolute atomic E-state index is 14.1. The minimum Gasteiger partial charge on any atom is -0.508 e. The number of rotatable bonds is 5. The lowest BCUT2D eigenvalue weighted by Crippen LogP contribution is -2.65. The first-order valence-corrected chi connectivity index (χ1v) is 12.6. The van der Waals surface area contributed by atoms with Crippen molar-refractivity contribution in [1.82, 2.24) is 14.8 Å². The third-order valence-electron chi connectivity index (χ3n) is 8.06. The van der Waals surface area contributed by atoms with Gasteiger partial charge in [-0.05, 0) is 58.6 Å². The molecular weight excluding hydrogens is 506 g/mol. The lowest BCUT2D eigenvalue weighted by Gasteiger charge is -2.50. The number of amides is 1. The fourth-order valence-corrected chi connectivity index (χ4v) is 6.46. The van der Waals surface area contributed by atoms with Crippen molar-refractivity contribution in [3.63, 3.8) is 0 Å². The van der Waals surface area contributed by atoms with Crippen LogP contribution in [0.4, 0.5) is 5.69 Å². The highest BCUT2D eigenvalue weighted by Crippen LogP contribution is 2.53. The number of aliphatic hydroxyl groups excluding tert-OH is 2. The second-order valence-electron chi connectivity index (χ2n) is 11.3. The molecule has 1 saturated carbocycles. The van der Waals surface area contributed by atoms with Crippen molar-refractivity contribution in [1.29, 1.82) is 0 Å². The molecule has 2 aromatic rings. The van der Waals surface area contributed by atoms with E-state index in [0.29, 0.717) is 35.5 Å². The number of benzene rings is 1. The number of aliphatic hydroxyl groups is 3. The molecule has 39 heavy (non-hydrogen) atoms. The predicted molar refractivity (Wildman–Crippen MR) is 142 cm³/mol. The molecule has 0 saturated heterocycles. The second kappa shape index (κ2) is 8.90. The number of primary amides is 1. The van der Waals surface area contributed by atoms with Crippen LogP contribution in [0.3, 0.4) is 0 Å². The number of fused-ring (bicyclic) bond motifs is 5. The van der Waals surface area contributed by atoms with Gasteiger partial charge in [0, 0.05) is 31.3 Å². The van der Waals surface area contributed by atoms with Crippen LogP contribution in [0.2, 0.25) is 0 Å².